The Balaban J connectivity index is 2.96. The van der Waals surface area contributed by atoms with Gasteiger partial charge in [-0.3, -0.25) is 4.79 Å². The number of carbonyl (C=O) groups is 1. The molecule has 0 fully saturated rings. The van der Waals surface area contributed by atoms with Gasteiger partial charge in [0.05, 0.1) is 6.42 Å². The molecule has 0 aliphatic carbocycles. The lowest BCUT2D eigenvalue weighted by atomic mass is 10.0. The van der Waals surface area contributed by atoms with Gasteiger partial charge in [0.1, 0.15) is 5.75 Å². The Hall–Kier alpha value is -1.69. The minimum atomic E-state index is -2.93. The maximum Gasteiger partial charge on any atom is 0.387 e. The predicted molar refractivity (Wildman–Crippen MR) is 57.1 cm³/mol. The van der Waals surface area contributed by atoms with Crippen molar-refractivity contribution in [3.63, 3.8) is 0 Å². The van der Waals surface area contributed by atoms with E-state index < -0.39 is 18.6 Å². The van der Waals surface area contributed by atoms with E-state index in [1.165, 1.54) is 6.07 Å². The fourth-order valence-corrected chi connectivity index (χ4v) is 1.51. The normalized spacial score (nSPS) is 12.5. The highest BCUT2D eigenvalue weighted by Gasteiger charge is 2.19. The number of nitrogens with one attached hydrogen (secondary N) is 1. The molecule has 6 heteroatoms. The number of alkyl halides is 2. The van der Waals surface area contributed by atoms with E-state index in [0.717, 1.165) is 0 Å². The summed E-state index contributed by atoms with van der Waals surface area (Å²) < 4.78 is 28.7. The minimum absolute atomic E-state index is 0.0110. The van der Waals surface area contributed by atoms with E-state index in [0.29, 0.717) is 5.56 Å². The molecular formula is C11H13F2NO3. The fraction of sp³-hybridized carbons (Fsp3) is 0.364. The molecule has 1 aromatic rings. The molecule has 94 valence electrons. The molecule has 0 aliphatic heterocycles. The van der Waals surface area contributed by atoms with Gasteiger partial charge in [0, 0.05) is 11.6 Å². The zero-order chi connectivity index (χ0) is 12.8. The van der Waals surface area contributed by atoms with Gasteiger partial charge in [0.25, 0.3) is 0 Å². The highest BCUT2D eigenvalue weighted by atomic mass is 19.3. The van der Waals surface area contributed by atoms with Crippen LogP contribution in [0.3, 0.4) is 0 Å². The fourth-order valence-electron chi connectivity index (χ4n) is 1.51. The molecule has 0 aliphatic rings. The number of rotatable bonds is 6. The topological polar surface area (TPSA) is 58.6 Å². The number of para-hydroxylation sites is 1. The van der Waals surface area contributed by atoms with E-state index in [1.807, 2.05) is 0 Å². The van der Waals surface area contributed by atoms with E-state index in [9.17, 15) is 13.6 Å². The van der Waals surface area contributed by atoms with Crippen molar-refractivity contribution in [1.29, 1.82) is 0 Å². The number of hydrogen-bond acceptors (Lipinski definition) is 3. The van der Waals surface area contributed by atoms with E-state index in [4.69, 9.17) is 5.11 Å². The molecule has 2 N–H and O–H groups in total. The maximum absolute atomic E-state index is 12.2. The summed E-state index contributed by atoms with van der Waals surface area (Å²) >= 11 is 0. The lowest BCUT2D eigenvalue weighted by Gasteiger charge is -2.18. The van der Waals surface area contributed by atoms with Crippen molar-refractivity contribution in [2.45, 2.75) is 19.1 Å². The quantitative estimate of drug-likeness (QED) is 0.805. The predicted octanol–water partition coefficient (Wildman–Crippen LogP) is 2.02. The second-order valence-electron chi connectivity index (χ2n) is 3.36. The molecule has 1 rings (SSSR count). The molecule has 0 saturated heterocycles. The van der Waals surface area contributed by atoms with Gasteiger partial charge in [0.15, 0.2) is 0 Å². The number of aliphatic carboxylic acids is 1. The van der Waals surface area contributed by atoms with Crippen LogP contribution in [0.2, 0.25) is 0 Å². The van der Waals surface area contributed by atoms with Crippen molar-refractivity contribution in [2.24, 2.45) is 0 Å². The van der Waals surface area contributed by atoms with Crippen molar-refractivity contribution in [3.8, 4) is 5.75 Å². The summed E-state index contributed by atoms with van der Waals surface area (Å²) in [5.74, 6) is -1.03. The van der Waals surface area contributed by atoms with Crippen LogP contribution in [0, 0.1) is 0 Å². The van der Waals surface area contributed by atoms with Gasteiger partial charge in [0.2, 0.25) is 0 Å². The smallest absolute Gasteiger partial charge is 0.387 e. The highest BCUT2D eigenvalue weighted by Crippen LogP contribution is 2.28. The molecule has 17 heavy (non-hydrogen) atoms. The molecule has 1 aromatic carbocycles. The van der Waals surface area contributed by atoms with Crippen LogP contribution in [0.1, 0.15) is 18.0 Å². The summed E-state index contributed by atoms with van der Waals surface area (Å²) in [6.45, 7) is -2.93. The number of halogens is 2. The van der Waals surface area contributed by atoms with Crippen LogP contribution in [0.4, 0.5) is 8.78 Å². The number of carboxylic acids is 1. The van der Waals surface area contributed by atoms with Gasteiger partial charge in [-0.15, -0.1) is 0 Å². The molecule has 0 saturated carbocycles. The number of benzene rings is 1. The summed E-state index contributed by atoms with van der Waals surface area (Å²) in [7, 11) is 1.56. The van der Waals surface area contributed by atoms with Crippen LogP contribution in [0.15, 0.2) is 24.3 Å². The Bertz CT molecular complexity index is 385. The van der Waals surface area contributed by atoms with Gasteiger partial charge < -0.3 is 15.2 Å². The van der Waals surface area contributed by atoms with Crippen molar-refractivity contribution in [3.05, 3.63) is 29.8 Å². The maximum atomic E-state index is 12.2. The van der Waals surface area contributed by atoms with Gasteiger partial charge in [-0.2, -0.15) is 8.78 Å². The van der Waals surface area contributed by atoms with Crippen LogP contribution >= 0.6 is 0 Å². The number of carboxylic acid groups (broad SMARTS) is 1. The average molecular weight is 245 g/mol. The minimum Gasteiger partial charge on any atom is -0.481 e. The number of hydrogen-bond donors (Lipinski definition) is 2. The molecule has 1 atom stereocenters. The van der Waals surface area contributed by atoms with Gasteiger partial charge >= 0.3 is 12.6 Å². The zero-order valence-corrected chi connectivity index (χ0v) is 9.19. The molecule has 4 nitrogen and oxygen atoms in total. The highest BCUT2D eigenvalue weighted by molar-refractivity contribution is 5.68. The van der Waals surface area contributed by atoms with Crippen LogP contribution < -0.4 is 10.1 Å². The summed E-state index contributed by atoms with van der Waals surface area (Å²) in [4.78, 5) is 10.6. The number of ether oxygens (including phenoxy) is 1. The van der Waals surface area contributed by atoms with Crippen molar-refractivity contribution in [1.82, 2.24) is 5.32 Å². The van der Waals surface area contributed by atoms with Gasteiger partial charge in [-0.1, -0.05) is 18.2 Å². The van der Waals surface area contributed by atoms with Crippen LogP contribution in [-0.4, -0.2) is 24.7 Å². The van der Waals surface area contributed by atoms with Crippen molar-refractivity contribution in [2.75, 3.05) is 7.05 Å². The Labute approximate surface area is 97.2 Å². The van der Waals surface area contributed by atoms with Crippen LogP contribution in [-0.2, 0) is 4.79 Å². The molecule has 0 heterocycles. The molecule has 1 unspecified atom stereocenters. The first kappa shape index (κ1) is 13.4. The second kappa shape index (κ2) is 6.15. The lowest BCUT2D eigenvalue weighted by molar-refractivity contribution is -0.137. The first-order valence-electron chi connectivity index (χ1n) is 4.97. The molecule has 0 amide bonds. The molecule has 0 bridgehead atoms. The van der Waals surface area contributed by atoms with Crippen molar-refractivity contribution < 1.29 is 23.4 Å². The van der Waals surface area contributed by atoms with E-state index >= 15 is 0 Å². The van der Waals surface area contributed by atoms with E-state index in [2.05, 4.69) is 10.1 Å². The second-order valence-corrected chi connectivity index (χ2v) is 3.36. The Morgan fingerprint density at radius 3 is 2.65 bits per heavy atom. The summed E-state index contributed by atoms with van der Waals surface area (Å²) in [5.41, 5.74) is 0.401. The summed E-state index contributed by atoms with van der Waals surface area (Å²) in [6, 6.07) is 5.56. The monoisotopic (exact) mass is 245 g/mol. The first-order chi connectivity index (χ1) is 8.04. The largest absolute Gasteiger partial charge is 0.481 e. The molecule has 0 aromatic heterocycles. The molecular weight excluding hydrogens is 232 g/mol. The van der Waals surface area contributed by atoms with Crippen LogP contribution in [0.5, 0.6) is 5.75 Å². The molecule has 0 spiro atoms. The SMILES string of the molecule is CNC(CC(=O)O)c1ccccc1OC(F)F. The van der Waals surface area contributed by atoms with E-state index in [-0.39, 0.29) is 12.2 Å². The standard InChI is InChI=1S/C11H13F2NO3/c1-14-8(6-10(15)16)7-4-2-3-5-9(7)17-11(12)13/h2-5,8,11,14H,6H2,1H3,(H,15,16). The van der Waals surface area contributed by atoms with Gasteiger partial charge in [-0.25, -0.2) is 0 Å². The third-order valence-electron chi connectivity index (χ3n) is 2.24. The third kappa shape index (κ3) is 3.99. The van der Waals surface area contributed by atoms with Crippen molar-refractivity contribution >= 4 is 5.97 Å². The lowest BCUT2D eigenvalue weighted by Crippen LogP contribution is -2.21. The third-order valence-corrected chi connectivity index (χ3v) is 2.24. The van der Waals surface area contributed by atoms with Crippen LogP contribution in [0.25, 0.3) is 0 Å². The Morgan fingerprint density at radius 2 is 2.12 bits per heavy atom. The summed E-state index contributed by atoms with van der Waals surface area (Å²) in [6.07, 6.45) is -0.208. The molecule has 0 radical (unpaired) electrons. The first-order valence-corrected chi connectivity index (χ1v) is 4.97. The summed E-state index contributed by atoms with van der Waals surface area (Å²) in [5, 5.41) is 11.5. The van der Waals surface area contributed by atoms with E-state index in [1.54, 1.807) is 25.2 Å². The average Bonchev–Trinajstić information content (AvgIpc) is 2.26. The Kier molecular flexibility index (Phi) is 4.84. The zero-order valence-electron chi connectivity index (χ0n) is 9.19. The van der Waals surface area contributed by atoms with Gasteiger partial charge in [-0.05, 0) is 13.1 Å². The Morgan fingerprint density at radius 1 is 1.47 bits per heavy atom.